The van der Waals surface area contributed by atoms with Crippen molar-refractivity contribution in [2.24, 2.45) is 0 Å². The summed E-state index contributed by atoms with van der Waals surface area (Å²) in [5, 5.41) is 3.39. The quantitative estimate of drug-likeness (QED) is 0.797. The van der Waals surface area contributed by atoms with E-state index in [0.717, 1.165) is 23.5 Å². The van der Waals surface area contributed by atoms with E-state index in [1.807, 2.05) is 6.33 Å². The Bertz CT molecular complexity index is 788. The van der Waals surface area contributed by atoms with Crippen LogP contribution in [0.3, 0.4) is 0 Å². The van der Waals surface area contributed by atoms with Crippen molar-refractivity contribution in [3.63, 3.8) is 0 Å². The summed E-state index contributed by atoms with van der Waals surface area (Å²) in [5.41, 5.74) is 4.34. The van der Waals surface area contributed by atoms with Crippen LogP contribution in [0.2, 0.25) is 0 Å². The van der Waals surface area contributed by atoms with Crippen molar-refractivity contribution in [3.8, 4) is 0 Å². The van der Waals surface area contributed by atoms with Gasteiger partial charge in [0.25, 0.3) is 0 Å². The Kier molecular flexibility index (Phi) is 2.84. The largest absolute Gasteiger partial charge is 0.364 e. The van der Waals surface area contributed by atoms with E-state index in [1.54, 1.807) is 6.33 Å². The van der Waals surface area contributed by atoms with Gasteiger partial charge < -0.3 is 9.88 Å². The van der Waals surface area contributed by atoms with Crippen molar-refractivity contribution in [2.75, 3.05) is 5.32 Å². The molecule has 0 amide bonds. The van der Waals surface area contributed by atoms with Crippen molar-refractivity contribution < 1.29 is 0 Å². The monoisotopic (exact) mass is 279 g/mol. The molecule has 1 fully saturated rings. The van der Waals surface area contributed by atoms with Crippen LogP contribution in [0, 0.1) is 6.92 Å². The van der Waals surface area contributed by atoms with E-state index in [1.165, 1.54) is 24.0 Å². The third kappa shape index (κ3) is 2.24. The predicted octanol–water partition coefficient (Wildman–Crippen LogP) is 3.08. The molecular weight excluding hydrogens is 262 g/mol. The van der Waals surface area contributed by atoms with E-state index in [-0.39, 0.29) is 0 Å². The standard InChI is InChI=1S/C16H17N5/c1-11-4-2-3-5-12(11)8-17-15-14-16(19-9-18-15)21(10-20-14)13-6-7-13/h2-5,9-10,13H,6-8H2,1H3,(H,17,18,19). The van der Waals surface area contributed by atoms with Crippen LogP contribution in [0.1, 0.15) is 30.0 Å². The lowest BCUT2D eigenvalue weighted by molar-refractivity contribution is 0.756. The van der Waals surface area contributed by atoms with E-state index in [2.05, 4.69) is 56.0 Å². The highest BCUT2D eigenvalue weighted by atomic mass is 15.2. The summed E-state index contributed by atoms with van der Waals surface area (Å²) in [6.07, 6.45) is 5.95. The highest BCUT2D eigenvalue weighted by molar-refractivity contribution is 5.82. The van der Waals surface area contributed by atoms with E-state index in [0.29, 0.717) is 6.04 Å². The number of hydrogen-bond acceptors (Lipinski definition) is 4. The van der Waals surface area contributed by atoms with E-state index < -0.39 is 0 Å². The molecule has 0 saturated heterocycles. The van der Waals surface area contributed by atoms with Gasteiger partial charge in [-0.05, 0) is 30.9 Å². The maximum Gasteiger partial charge on any atom is 0.165 e. The lowest BCUT2D eigenvalue weighted by Crippen LogP contribution is -2.04. The fourth-order valence-electron chi connectivity index (χ4n) is 2.59. The zero-order valence-corrected chi connectivity index (χ0v) is 12.0. The second-order valence-electron chi connectivity index (χ2n) is 5.56. The molecule has 0 radical (unpaired) electrons. The van der Waals surface area contributed by atoms with Crippen LogP contribution in [0.25, 0.3) is 11.2 Å². The smallest absolute Gasteiger partial charge is 0.165 e. The molecule has 4 rings (SSSR count). The predicted molar refractivity (Wildman–Crippen MR) is 82.1 cm³/mol. The third-order valence-corrected chi connectivity index (χ3v) is 4.01. The number of hydrogen-bond donors (Lipinski definition) is 1. The molecule has 1 aliphatic carbocycles. The van der Waals surface area contributed by atoms with Crippen LogP contribution < -0.4 is 5.32 Å². The van der Waals surface area contributed by atoms with Gasteiger partial charge in [-0.15, -0.1) is 0 Å². The zero-order valence-electron chi connectivity index (χ0n) is 12.0. The highest BCUT2D eigenvalue weighted by Gasteiger charge is 2.26. The molecular formula is C16H17N5. The van der Waals surface area contributed by atoms with Crippen LogP contribution >= 0.6 is 0 Å². The SMILES string of the molecule is Cc1ccccc1CNc1ncnc2c1ncn2C1CC1. The van der Waals surface area contributed by atoms with E-state index in [9.17, 15) is 0 Å². The lowest BCUT2D eigenvalue weighted by atomic mass is 10.1. The van der Waals surface area contributed by atoms with Gasteiger partial charge in [0.15, 0.2) is 11.5 Å². The number of nitrogens with zero attached hydrogens (tertiary/aromatic N) is 4. The van der Waals surface area contributed by atoms with Crippen molar-refractivity contribution in [1.82, 2.24) is 19.5 Å². The summed E-state index contributed by atoms with van der Waals surface area (Å²) >= 11 is 0. The van der Waals surface area contributed by atoms with E-state index in [4.69, 9.17) is 0 Å². The average molecular weight is 279 g/mol. The van der Waals surface area contributed by atoms with Crippen LogP contribution in [0.5, 0.6) is 0 Å². The Morgan fingerprint density at radius 3 is 2.86 bits per heavy atom. The first-order valence-corrected chi connectivity index (χ1v) is 7.29. The highest BCUT2D eigenvalue weighted by Crippen LogP contribution is 2.37. The van der Waals surface area contributed by atoms with Gasteiger partial charge in [-0.2, -0.15) is 0 Å². The topological polar surface area (TPSA) is 55.6 Å². The Hall–Kier alpha value is -2.43. The number of anilines is 1. The fourth-order valence-corrected chi connectivity index (χ4v) is 2.59. The van der Waals surface area contributed by atoms with Crippen molar-refractivity contribution in [2.45, 2.75) is 32.4 Å². The van der Waals surface area contributed by atoms with Gasteiger partial charge in [0.1, 0.15) is 11.8 Å². The number of imidazole rings is 1. The average Bonchev–Trinajstić information content (AvgIpc) is 3.26. The Morgan fingerprint density at radius 1 is 1.19 bits per heavy atom. The minimum Gasteiger partial charge on any atom is -0.364 e. The number of rotatable bonds is 4. The summed E-state index contributed by atoms with van der Waals surface area (Å²) in [4.78, 5) is 13.2. The number of aryl methyl sites for hydroxylation is 1. The molecule has 0 unspecified atom stereocenters. The lowest BCUT2D eigenvalue weighted by Gasteiger charge is -2.08. The number of benzene rings is 1. The molecule has 5 nitrogen and oxygen atoms in total. The van der Waals surface area contributed by atoms with Gasteiger partial charge in [-0.3, -0.25) is 0 Å². The van der Waals surface area contributed by atoms with Crippen LogP contribution in [0.4, 0.5) is 5.82 Å². The third-order valence-electron chi connectivity index (χ3n) is 4.01. The fraction of sp³-hybridized carbons (Fsp3) is 0.312. The first kappa shape index (κ1) is 12.3. The van der Waals surface area contributed by atoms with Gasteiger partial charge in [-0.1, -0.05) is 24.3 Å². The molecule has 1 saturated carbocycles. The Labute approximate surface area is 123 Å². The zero-order chi connectivity index (χ0) is 14.2. The molecule has 0 bridgehead atoms. The molecule has 1 aromatic carbocycles. The molecule has 106 valence electrons. The Balaban J connectivity index is 1.63. The maximum absolute atomic E-state index is 4.49. The molecule has 3 aromatic rings. The summed E-state index contributed by atoms with van der Waals surface area (Å²) in [5.74, 6) is 0.808. The minimum atomic E-state index is 0.578. The van der Waals surface area contributed by atoms with Crippen molar-refractivity contribution in [3.05, 3.63) is 48.0 Å². The number of nitrogens with one attached hydrogen (secondary N) is 1. The van der Waals surface area contributed by atoms with Gasteiger partial charge in [0.05, 0.1) is 6.33 Å². The second-order valence-corrected chi connectivity index (χ2v) is 5.56. The first-order chi connectivity index (χ1) is 10.3. The number of aromatic nitrogens is 4. The molecule has 5 heteroatoms. The van der Waals surface area contributed by atoms with Gasteiger partial charge in [0.2, 0.25) is 0 Å². The van der Waals surface area contributed by atoms with Crippen molar-refractivity contribution in [1.29, 1.82) is 0 Å². The Morgan fingerprint density at radius 2 is 2.05 bits per heavy atom. The normalized spacial score (nSPS) is 14.5. The molecule has 1 N–H and O–H groups in total. The molecule has 2 heterocycles. The summed E-state index contributed by atoms with van der Waals surface area (Å²) in [7, 11) is 0. The van der Waals surface area contributed by atoms with Gasteiger partial charge in [0, 0.05) is 12.6 Å². The second kappa shape index (κ2) is 4.84. The summed E-state index contributed by atoms with van der Waals surface area (Å²) in [6.45, 7) is 2.86. The minimum absolute atomic E-state index is 0.578. The van der Waals surface area contributed by atoms with Gasteiger partial charge >= 0.3 is 0 Å². The molecule has 21 heavy (non-hydrogen) atoms. The van der Waals surface area contributed by atoms with Crippen LogP contribution in [0.15, 0.2) is 36.9 Å². The van der Waals surface area contributed by atoms with Crippen LogP contribution in [-0.4, -0.2) is 19.5 Å². The molecule has 0 atom stereocenters. The van der Waals surface area contributed by atoms with Gasteiger partial charge in [-0.25, -0.2) is 15.0 Å². The molecule has 1 aliphatic rings. The van der Waals surface area contributed by atoms with Crippen LogP contribution in [-0.2, 0) is 6.54 Å². The maximum atomic E-state index is 4.49. The molecule has 2 aromatic heterocycles. The first-order valence-electron chi connectivity index (χ1n) is 7.29. The summed E-state index contributed by atoms with van der Waals surface area (Å²) in [6, 6.07) is 8.94. The summed E-state index contributed by atoms with van der Waals surface area (Å²) < 4.78 is 2.16. The molecule has 0 aliphatic heterocycles. The number of fused-ring (bicyclic) bond motifs is 1. The van der Waals surface area contributed by atoms with Crippen molar-refractivity contribution >= 4 is 17.0 Å². The van der Waals surface area contributed by atoms with E-state index >= 15 is 0 Å². The molecule has 0 spiro atoms.